The van der Waals surface area contributed by atoms with Gasteiger partial charge in [0, 0.05) is 0 Å². The molecule has 1 saturated heterocycles. The smallest absolute Gasteiger partial charge is 0.387 e. The van der Waals surface area contributed by atoms with Gasteiger partial charge in [-0.05, 0) is 23.3 Å². The van der Waals surface area contributed by atoms with Crippen LogP contribution in [-0.4, -0.2) is 33.4 Å². The maximum absolute atomic E-state index is 12.6. The van der Waals surface area contributed by atoms with Gasteiger partial charge in [-0.25, -0.2) is 5.06 Å². The van der Waals surface area contributed by atoms with E-state index in [-0.39, 0.29) is 6.54 Å². The largest absolute Gasteiger partial charge is 0.416 e. The van der Waals surface area contributed by atoms with Crippen LogP contribution in [0.4, 0.5) is 13.2 Å². The predicted molar refractivity (Wildman–Crippen MR) is 84.3 cm³/mol. The first kappa shape index (κ1) is 18.4. The summed E-state index contributed by atoms with van der Waals surface area (Å²) in [5, 5.41) is 21.0. The summed E-state index contributed by atoms with van der Waals surface area (Å²) in [4.78, 5) is 17.7. The van der Waals surface area contributed by atoms with Crippen molar-refractivity contribution in [1.82, 2.24) is 5.06 Å². The van der Waals surface area contributed by atoms with Crippen LogP contribution in [0, 0.1) is 0 Å². The lowest BCUT2D eigenvalue weighted by atomic mass is 9.98. The van der Waals surface area contributed by atoms with E-state index in [1.54, 1.807) is 30.3 Å². The molecule has 2 aromatic carbocycles. The lowest BCUT2D eigenvalue weighted by Gasteiger charge is -2.38. The summed E-state index contributed by atoms with van der Waals surface area (Å²) in [7, 11) is 0. The number of amides is 1. The summed E-state index contributed by atoms with van der Waals surface area (Å²) < 4.78 is 37.9. The minimum Gasteiger partial charge on any atom is -0.387 e. The van der Waals surface area contributed by atoms with Crippen molar-refractivity contribution < 1.29 is 33.0 Å². The van der Waals surface area contributed by atoms with Gasteiger partial charge in [0.1, 0.15) is 12.2 Å². The zero-order chi connectivity index (χ0) is 18.9. The molecule has 1 heterocycles. The van der Waals surface area contributed by atoms with Crippen molar-refractivity contribution in [3.8, 4) is 0 Å². The fourth-order valence-corrected chi connectivity index (χ4v) is 2.69. The fourth-order valence-electron chi connectivity index (χ4n) is 2.69. The number of hydroxylamine groups is 2. The summed E-state index contributed by atoms with van der Waals surface area (Å²) in [6.07, 6.45) is -8.56. The van der Waals surface area contributed by atoms with E-state index in [2.05, 4.69) is 0 Å². The number of aliphatic hydroxyl groups excluding tert-OH is 2. The fraction of sp³-hybridized carbons (Fsp3) is 0.278. The lowest BCUT2D eigenvalue weighted by molar-refractivity contribution is -0.270. The van der Waals surface area contributed by atoms with Gasteiger partial charge in [0.15, 0.2) is 6.10 Å². The van der Waals surface area contributed by atoms with Crippen molar-refractivity contribution in [2.24, 2.45) is 0 Å². The van der Waals surface area contributed by atoms with E-state index >= 15 is 0 Å². The van der Waals surface area contributed by atoms with Crippen molar-refractivity contribution in [2.75, 3.05) is 0 Å². The minimum atomic E-state index is -4.45. The van der Waals surface area contributed by atoms with Crippen LogP contribution >= 0.6 is 0 Å². The Hall–Kier alpha value is -2.42. The monoisotopic (exact) mass is 367 g/mol. The molecule has 1 aliphatic heterocycles. The van der Waals surface area contributed by atoms with E-state index in [1.807, 2.05) is 0 Å². The molecule has 0 aliphatic carbocycles. The van der Waals surface area contributed by atoms with Crippen LogP contribution < -0.4 is 0 Å². The van der Waals surface area contributed by atoms with Gasteiger partial charge in [0.05, 0.1) is 12.1 Å². The number of aliphatic hydroxyl groups is 2. The number of halogens is 3. The first-order chi connectivity index (χ1) is 12.3. The third kappa shape index (κ3) is 3.72. The maximum atomic E-state index is 12.6. The van der Waals surface area contributed by atoms with Crippen LogP contribution in [0.15, 0.2) is 54.6 Å². The first-order valence-electron chi connectivity index (χ1n) is 7.83. The summed E-state index contributed by atoms with van der Waals surface area (Å²) >= 11 is 0. The van der Waals surface area contributed by atoms with E-state index in [0.29, 0.717) is 11.1 Å². The predicted octanol–water partition coefficient (Wildman–Crippen LogP) is 2.44. The number of nitrogens with zero attached hydrogens (tertiary/aromatic N) is 1. The summed E-state index contributed by atoms with van der Waals surface area (Å²) in [6.45, 7) is -0.163. The lowest BCUT2D eigenvalue weighted by Crippen LogP contribution is -2.53. The molecule has 2 N–H and O–H groups in total. The average molecular weight is 367 g/mol. The third-order valence-corrected chi connectivity index (χ3v) is 4.11. The van der Waals surface area contributed by atoms with Gasteiger partial charge in [-0.15, -0.1) is 0 Å². The van der Waals surface area contributed by atoms with Crippen molar-refractivity contribution in [1.29, 1.82) is 0 Å². The van der Waals surface area contributed by atoms with Crippen LogP contribution in [0.3, 0.4) is 0 Å². The molecule has 1 aliphatic rings. The number of carbonyl (C=O) groups excluding carboxylic acids is 1. The van der Waals surface area contributed by atoms with Gasteiger partial charge in [-0.3, -0.25) is 9.63 Å². The number of hydrogen-bond donors (Lipinski definition) is 2. The van der Waals surface area contributed by atoms with E-state index in [4.69, 9.17) is 4.84 Å². The summed E-state index contributed by atoms with van der Waals surface area (Å²) in [5.74, 6) is -0.857. The molecular formula is C18H16F3NO4. The quantitative estimate of drug-likeness (QED) is 0.874. The Morgan fingerprint density at radius 1 is 1.00 bits per heavy atom. The minimum absolute atomic E-state index is 0.163. The van der Waals surface area contributed by atoms with Crippen molar-refractivity contribution >= 4 is 5.91 Å². The van der Waals surface area contributed by atoms with Crippen LogP contribution in [0.1, 0.15) is 22.8 Å². The van der Waals surface area contributed by atoms with E-state index in [0.717, 1.165) is 17.2 Å². The Labute approximate surface area is 147 Å². The Kier molecular flexibility index (Phi) is 4.99. The Balaban J connectivity index is 1.79. The van der Waals surface area contributed by atoms with Crippen molar-refractivity contribution in [2.45, 2.75) is 31.0 Å². The van der Waals surface area contributed by atoms with Crippen molar-refractivity contribution in [3.05, 3.63) is 71.3 Å². The molecule has 0 unspecified atom stereocenters. The summed E-state index contributed by atoms with van der Waals surface area (Å²) in [5.41, 5.74) is 0.149. The normalized spacial score (nSPS) is 24.0. The van der Waals surface area contributed by atoms with Gasteiger partial charge in [-0.1, -0.05) is 42.5 Å². The molecule has 26 heavy (non-hydrogen) atoms. The molecule has 0 bridgehead atoms. The number of carbonyl (C=O) groups is 1. The molecule has 8 heteroatoms. The number of hydrogen-bond acceptors (Lipinski definition) is 4. The molecule has 1 fully saturated rings. The molecule has 1 amide bonds. The second-order valence-electron chi connectivity index (χ2n) is 5.94. The number of alkyl halides is 3. The van der Waals surface area contributed by atoms with Crippen LogP contribution in [-0.2, 0) is 22.4 Å². The Morgan fingerprint density at radius 2 is 1.62 bits per heavy atom. The Morgan fingerprint density at radius 3 is 2.19 bits per heavy atom. The SMILES string of the molecule is O=C1[C@H](O)[C@H](O)[C@@H](c2ccccc2)ON1Cc1ccc(C(F)(F)F)cc1. The molecule has 0 spiro atoms. The standard InChI is InChI=1S/C18H16F3NO4/c19-18(20,21)13-8-6-11(7-9-13)10-22-17(25)15(24)14(23)16(26-22)12-4-2-1-3-5-12/h1-9,14-16,23-24H,10H2/t14-,15+,16+/m0/s1. The molecule has 2 aromatic rings. The Bertz CT molecular complexity index is 764. The molecule has 3 rings (SSSR count). The van der Waals surface area contributed by atoms with Gasteiger partial charge in [0.25, 0.3) is 5.91 Å². The highest BCUT2D eigenvalue weighted by Crippen LogP contribution is 2.32. The summed E-state index contributed by atoms with van der Waals surface area (Å²) in [6, 6.07) is 12.8. The van der Waals surface area contributed by atoms with E-state index in [1.165, 1.54) is 12.1 Å². The van der Waals surface area contributed by atoms with Gasteiger partial charge in [0.2, 0.25) is 0 Å². The number of benzene rings is 2. The highest BCUT2D eigenvalue weighted by Gasteiger charge is 2.43. The first-order valence-corrected chi connectivity index (χ1v) is 7.83. The topological polar surface area (TPSA) is 70.0 Å². The van der Waals surface area contributed by atoms with Crippen molar-refractivity contribution in [3.63, 3.8) is 0 Å². The molecule has 0 aromatic heterocycles. The molecular weight excluding hydrogens is 351 g/mol. The average Bonchev–Trinajstić information content (AvgIpc) is 2.62. The van der Waals surface area contributed by atoms with Gasteiger partial charge < -0.3 is 10.2 Å². The second-order valence-corrected chi connectivity index (χ2v) is 5.94. The zero-order valence-corrected chi connectivity index (χ0v) is 13.4. The highest BCUT2D eigenvalue weighted by atomic mass is 19.4. The zero-order valence-electron chi connectivity index (χ0n) is 13.4. The number of rotatable bonds is 3. The van der Waals surface area contributed by atoms with E-state index < -0.39 is 36.0 Å². The third-order valence-electron chi connectivity index (χ3n) is 4.11. The van der Waals surface area contributed by atoms with Crippen LogP contribution in [0.2, 0.25) is 0 Å². The second kappa shape index (κ2) is 7.06. The highest BCUT2D eigenvalue weighted by molar-refractivity contribution is 5.81. The van der Waals surface area contributed by atoms with E-state index in [9.17, 15) is 28.2 Å². The molecule has 5 nitrogen and oxygen atoms in total. The molecule has 0 saturated carbocycles. The van der Waals surface area contributed by atoms with Gasteiger partial charge >= 0.3 is 6.18 Å². The van der Waals surface area contributed by atoms with Crippen LogP contribution in [0.5, 0.6) is 0 Å². The van der Waals surface area contributed by atoms with Gasteiger partial charge in [-0.2, -0.15) is 13.2 Å². The molecule has 3 atom stereocenters. The molecule has 0 radical (unpaired) electrons. The van der Waals surface area contributed by atoms with Crippen LogP contribution in [0.25, 0.3) is 0 Å². The maximum Gasteiger partial charge on any atom is 0.416 e. The molecule has 138 valence electrons.